The highest BCUT2D eigenvalue weighted by Crippen LogP contribution is 2.36. The number of rotatable bonds is 4. The van der Waals surface area contributed by atoms with Gasteiger partial charge in [0.25, 0.3) is 0 Å². The van der Waals surface area contributed by atoms with E-state index in [0.717, 1.165) is 30.2 Å². The van der Waals surface area contributed by atoms with Crippen molar-refractivity contribution in [2.75, 3.05) is 27.2 Å². The van der Waals surface area contributed by atoms with Gasteiger partial charge < -0.3 is 19.5 Å². The minimum Gasteiger partial charge on any atom is -0.490 e. The van der Waals surface area contributed by atoms with Crippen LogP contribution in [0.3, 0.4) is 0 Å². The highest BCUT2D eigenvalue weighted by molar-refractivity contribution is 5.99. The Balaban J connectivity index is 1.64. The molecule has 1 aromatic carbocycles. The molecule has 1 saturated carbocycles. The van der Waals surface area contributed by atoms with Gasteiger partial charge in [-0.1, -0.05) is 12.1 Å². The summed E-state index contributed by atoms with van der Waals surface area (Å²) >= 11 is 0. The summed E-state index contributed by atoms with van der Waals surface area (Å²) in [6.45, 7) is 1.74. The van der Waals surface area contributed by atoms with E-state index in [1.807, 2.05) is 31.3 Å². The van der Waals surface area contributed by atoms with E-state index < -0.39 is 11.6 Å². The van der Waals surface area contributed by atoms with Crippen molar-refractivity contribution in [1.82, 2.24) is 4.90 Å². The van der Waals surface area contributed by atoms with Gasteiger partial charge in [0, 0.05) is 32.0 Å². The molecule has 0 spiro atoms. The Bertz CT molecular complexity index is 608. The first kappa shape index (κ1) is 14.8. The fourth-order valence-electron chi connectivity index (χ4n) is 2.88. The molecule has 6 nitrogen and oxygen atoms in total. The van der Waals surface area contributed by atoms with Crippen LogP contribution in [0.4, 0.5) is 0 Å². The van der Waals surface area contributed by atoms with E-state index >= 15 is 0 Å². The number of aliphatic hydroxyl groups is 1. The normalized spacial score (nSPS) is 27.1. The molecular formula is C16H20N2O4. The van der Waals surface area contributed by atoms with Gasteiger partial charge in [-0.15, -0.1) is 0 Å². The molecule has 1 N–H and O–H groups in total. The molecule has 1 aliphatic carbocycles. The number of methoxy groups -OCH3 is 1. The summed E-state index contributed by atoms with van der Waals surface area (Å²) in [6.07, 6.45) is 0.331. The average molecular weight is 304 g/mol. The van der Waals surface area contributed by atoms with Gasteiger partial charge in [0.15, 0.2) is 5.60 Å². The summed E-state index contributed by atoms with van der Waals surface area (Å²) in [5.41, 5.74) is -0.382. The molecule has 0 saturated heterocycles. The second kappa shape index (κ2) is 5.61. The number of esters is 1. The van der Waals surface area contributed by atoms with Crippen LogP contribution in [0, 0.1) is 0 Å². The van der Waals surface area contributed by atoms with Crippen molar-refractivity contribution < 1.29 is 19.4 Å². The van der Waals surface area contributed by atoms with Gasteiger partial charge in [0.2, 0.25) is 0 Å². The number of nitrogens with zero attached hydrogens (tertiary/aromatic N) is 2. The number of carbonyl (C=O) groups excluding carboxylic acids is 1. The summed E-state index contributed by atoms with van der Waals surface area (Å²) in [4.78, 5) is 18.0. The van der Waals surface area contributed by atoms with E-state index in [1.54, 1.807) is 0 Å². The van der Waals surface area contributed by atoms with Crippen LogP contribution < -0.4 is 4.74 Å². The molecule has 0 aromatic heterocycles. The maximum absolute atomic E-state index is 11.4. The highest BCUT2D eigenvalue weighted by atomic mass is 16.5. The first-order valence-corrected chi connectivity index (χ1v) is 7.35. The molecule has 1 aliphatic heterocycles. The standard InChI is InChI=1S/C16H20N2O4/c1-18-7-6-17-14(18)11-4-3-5-12(8-11)22-13-9-16(20,10-13)15(19)21-2/h3-5,8,13,20H,6-7,9-10H2,1-2H3. The third-order valence-corrected chi connectivity index (χ3v) is 4.15. The molecule has 2 aliphatic rings. The third-order valence-electron chi connectivity index (χ3n) is 4.15. The minimum atomic E-state index is -1.40. The van der Waals surface area contributed by atoms with Gasteiger partial charge in [-0.2, -0.15) is 0 Å². The van der Waals surface area contributed by atoms with Crippen molar-refractivity contribution in [1.29, 1.82) is 0 Å². The number of aliphatic imine (C=N–C) groups is 1. The predicted molar refractivity (Wildman–Crippen MR) is 81.1 cm³/mol. The Morgan fingerprint density at radius 2 is 2.23 bits per heavy atom. The van der Waals surface area contributed by atoms with Crippen LogP contribution in [0.2, 0.25) is 0 Å². The van der Waals surface area contributed by atoms with Gasteiger partial charge in [0.05, 0.1) is 13.7 Å². The Labute approximate surface area is 129 Å². The monoisotopic (exact) mass is 304 g/mol. The number of likely N-dealkylation sites (N-methyl/N-ethyl adjacent to an activating group) is 1. The zero-order chi connectivity index (χ0) is 15.7. The van der Waals surface area contributed by atoms with Crippen LogP contribution in [0.15, 0.2) is 29.3 Å². The topological polar surface area (TPSA) is 71.4 Å². The lowest BCUT2D eigenvalue weighted by Crippen LogP contribution is -2.55. The summed E-state index contributed by atoms with van der Waals surface area (Å²) in [6, 6.07) is 7.73. The van der Waals surface area contributed by atoms with Gasteiger partial charge in [-0.25, -0.2) is 4.79 Å². The number of benzene rings is 1. The molecule has 1 fully saturated rings. The molecule has 1 heterocycles. The number of ether oxygens (including phenoxy) is 2. The fourth-order valence-corrected chi connectivity index (χ4v) is 2.88. The first-order valence-electron chi connectivity index (χ1n) is 7.35. The molecule has 0 bridgehead atoms. The Morgan fingerprint density at radius 1 is 1.45 bits per heavy atom. The number of carbonyl (C=O) groups is 1. The van der Waals surface area contributed by atoms with Gasteiger partial charge >= 0.3 is 5.97 Å². The molecule has 0 atom stereocenters. The van der Waals surface area contributed by atoms with Gasteiger partial charge in [-0.05, 0) is 12.1 Å². The van der Waals surface area contributed by atoms with E-state index in [4.69, 9.17) is 4.74 Å². The van der Waals surface area contributed by atoms with Crippen LogP contribution in [-0.4, -0.2) is 60.8 Å². The largest absolute Gasteiger partial charge is 0.490 e. The average Bonchev–Trinajstić information content (AvgIpc) is 2.91. The van der Waals surface area contributed by atoms with Crippen LogP contribution in [0.5, 0.6) is 5.75 Å². The lowest BCUT2D eigenvalue weighted by atomic mass is 9.77. The summed E-state index contributed by atoms with van der Waals surface area (Å²) < 4.78 is 10.4. The molecule has 3 rings (SSSR count). The van der Waals surface area contributed by atoms with E-state index in [0.29, 0.717) is 0 Å². The van der Waals surface area contributed by atoms with E-state index in [1.165, 1.54) is 7.11 Å². The van der Waals surface area contributed by atoms with Crippen LogP contribution in [0.25, 0.3) is 0 Å². The molecule has 118 valence electrons. The molecule has 0 unspecified atom stereocenters. The number of hydrogen-bond acceptors (Lipinski definition) is 6. The number of amidine groups is 1. The fraction of sp³-hybridized carbons (Fsp3) is 0.500. The van der Waals surface area contributed by atoms with E-state index in [9.17, 15) is 9.90 Å². The van der Waals surface area contributed by atoms with Gasteiger partial charge in [-0.3, -0.25) is 4.99 Å². The minimum absolute atomic E-state index is 0.178. The lowest BCUT2D eigenvalue weighted by molar-refractivity contribution is -0.182. The van der Waals surface area contributed by atoms with Gasteiger partial charge in [0.1, 0.15) is 17.7 Å². The predicted octanol–water partition coefficient (Wildman–Crippen LogP) is 0.824. The number of hydrogen-bond donors (Lipinski definition) is 1. The second-order valence-corrected chi connectivity index (χ2v) is 5.83. The summed E-state index contributed by atoms with van der Waals surface area (Å²) in [5, 5.41) is 10.0. The van der Waals surface area contributed by atoms with Crippen LogP contribution in [-0.2, 0) is 9.53 Å². The van der Waals surface area contributed by atoms with E-state index in [2.05, 4.69) is 14.6 Å². The highest BCUT2D eigenvalue weighted by Gasteiger charge is 2.51. The Kier molecular flexibility index (Phi) is 3.78. The Hall–Kier alpha value is -2.08. The Morgan fingerprint density at radius 3 is 2.86 bits per heavy atom. The second-order valence-electron chi connectivity index (χ2n) is 5.83. The zero-order valence-corrected chi connectivity index (χ0v) is 12.8. The van der Waals surface area contributed by atoms with Crippen LogP contribution >= 0.6 is 0 Å². The molecule has 0 radical (unpaired) electrons. The van der Waals surface area contributed by atoms with Crippen molar-refractivity contribution in [2.24, 2.45) is 4.99 Å². The third kappa shape index (κ3) is 2.66. The van der Waals surface area contributed by atoms with Crippen molar-refractivity contribution in [2.45, 2.75) is 24.5 Å². The molecule has 1 aromatic rings. The van der Waals surface area contributed by atoms with Crippen molar-refractivity contribution in [3.05, 3.63) is 29.8 Å². The maximum atomic E-state index is 11.4. The smallest absolute Gasteiger partial charge is 0.338 e. The molecule has 22 heavy (non-hydrogen) atoms. The molecular weight excluding hydrogens is 284 g/mol. The molecule has 6 heteroatoms. The molecule has 0 amide bonds. The van der Waals surface area contributed by atoms with Crippen LogP contribution in [0.1, 0.15) is 18.4 Å². The SMILES string of the molecule is COC(=O)C1(O)CC(Oc2cccc(C3=NCCN3C)c2)C1. The quantitative estimate of drug-likeness (QED) is 0.834. The maximum Gasteiger partial charge on any atom is 0.338 e. The zero-order valence-electron chi connectivity index (χ0n) is 12.8. The first-order chi connectivity index (χ1) is 10.5. The summed E-state index contributed by atoms with van der Waals surface area (Å²) in [7, 11) is 3.29. The van der Waals surface area contributed by atoms with E-state index in [-0.39, 0.29) is 18.9 Å². The van der Waals surface area contributed by atoms with Crippen molar-refractivity contribution >= 4 is 11.8 Å². The van der Waals surface area contributed by atoms with Crippen molar-refractivity contribution in [3.8, 4) is 5.75 Å². The summed E-state index contributed by atoms with van der Waals surface area (Å²) in [5.74, 6) is 1.09. The van der Waals surface area contributed by atoms with Crippen molar-refractivity contribution in [3.63, 3.8) is 0 Å². The lowest BCUT2D eigenvalue weighted by Gasteiger charge is -2.40.